The molecule has 0 bridgehead atoms. The van der Waals surface area contributed by atoms with Crippen molar-refractivity contribution in [3.63, 3.8) is 0 Å². The van der Waals surface area contributed by atoms with E-state index in [1.165, 1.54) is 11.3 Å². The smallest absolute Gasteiger partial charge is 0.278 e. The Balaban J connectivity index is 1.06. The zero-order valence-electron chi connectivity index (χ0n) is 20.9. The first-order valence-electron chi connectivity index (χ1n) is 12.8. The van der Waals surface area contributed by atoms with Gasteiger partial charge in [-0.2, -0.15) is 0 Å². The Kier molecular flexibility index (Phi) is 7.40. The summed E-state index contributed by atoms with van der Waals surface area (Å²) in [6.07, 6.45) is 7.10. The minimum absolute atomic E-state index is 0.163. The predicted octanol–water partition coefficient (Wildman–Crippen LogP) is 6.45. The van der Waals surface area contributed by atoms with Crippen LogP contribution in [-0.2, 0) is 13.0 Å². The van der Waals surface area contributed by atoms with Crippen molar-refractivity contribution >= 4 is 28.2 Å². The maximum Gasteiger partial charge on any atom is 0.278 e. The van der Waals surface area contributed by atoms with Gasteiger partial charge < -0.3 is 9.15 Å². The van der Waals surface area contributed by atoms with E-state index in [1.54, 1.807) is 6.92 Å². The third kappa shape index (κ3) is 6.11. The third-order valence-electron chi connectivity index (χ3n) is 7.36. The van der Waals surface area contributed by atoms with E-state index >= 15 is 0 Å². The number of carbonyl (C=O) groups excluding carboxylic acids is 1. The number of aromatic nitrogens is 2. The van der Waals surface area contributed by atoms with Crippen LogP contribution < -0.4 is 4.74 Å². The topological polar surface area (TPSA) is 68.5 Å². The summed E-state index contributed by atoms with van der Waals surface area (Å²) in [5, 5.41) is 0.353. The van der Waals surface area contributed by atoms with Crippen LogP contribution in [0.3, 0.4) is 0 Å². The van der Waals surface area contributed by atoms with Crippen LogP contribution in [0.5, 0.6) is 5.19 Å². The quantitative estimate of drug-likeness (QED) is 0.304. The Labute approximate surface area is 214 Å². The fourth-order valence-corrected chi connectivity index (χ4v) is 6.32. The Bertz CT molecular complexity index is 1210. The van der Waals surface area contributed by atoms with Gasteiger partial charge in [0.05, 0.1) is 5.69 Å². The first-order chi connectivity index (χ1) is 17.2. The summed E-state index contributed by atoms with van der Waals surface area (Å²) >= 11 is 1.40. The molecule has 2 aromatic heterocycles. The van der Waals surface area contributed by atoms with Gasteiger partial charge in [-0.1, -0.05) is 30.2 Å². The average molecular weight is 518 g/mol. The molecule has 1 aliphatic heterocycles. The van der Waals surface area contributed by atoms with E-state index in [0.717, 1.165) is 75.7 Å². The number of aryl methyl sites for hydroxylation is 1. The minimum atomic E-state index is -2.85. The number of Topliss-reactive ketones (excluding diaryl/α,β-unsaturated/α-hetero) is 1. The van der Waals surface area contributed by atoms with Crippen molar-refractivity contribution in [1.82, 2.24) is 14.9 Å². The molecule has 6 nitrogen and oxygen atoms in total. The number of halogens is 2. The number of hydrogen-bond acceptors (Lipinski definition) is 7. The number of fused-ring (bicyclic) bond motifs is 2. The van der Waals surface area contributed by atoms with Gasteiger partial charge in [0.1, 0.15) is 5.52 Å². The maximum atomic E-state index is 13.1. The molecule has 0 atom stereocenters. The number of alkyl halides is 2. The van der Waals surface area contributed by atoms with Crippen molar-refractivity contribution in [2.75, 3.05) is 19.7 Å². The lowest BCUT2D eigenvalue weighted by atomic mass is 9.78. The monoisotopic (exact) mass is 517 g/mol. The molecule has 3 aromatic rings. The van der Waals surface area contributed by atoms with Gasteiger partial charge in [0.15, 0.2) is 23.9 Å². The van der Waals surface area contributed by atoms with Gasteiger partial charge >= 0.3 is 0 Å². The summed E-state index contributed by atoms with van der Waals surface area (Å²) in [5.74, 6) is -0.996. The molecule has 3 heterocycles. The Morgan fingerprint density at radius 2 is 2.00 bits per heavy atom. The van der Waals surface area contributed by atoms with Crippen molar-refractivity contribution in [1.29, 1.82) is 0 Å². The Morgan fingerprint density at radius 1 is 1.22 bits per heavy atom. The second-order valence-corrected chi connectivity index (χ2v) is 11.5. The number of hydrogen-bond donors (Lipinski definition) is 0. The second-order valence-electron chi connectivity index (χ2n) is 10.4. The van der Waals surface area contributed by atoms with Gasteiger partial charge in [0.2, 0.25) is 0 Å². The SMILES string of the molecule is Cc1nc2c(C(=O)CC3CCC(CCN4CCc5sc(OCC(C)(F)F)nc5C4)CC3)cccc2o1. The van der Waals surface area contributed by atoms with Gasteiger partial charge in [-0.05, 0) is 56.2 Å². The standard InChI is InChI=1S/C27H33F2N3O3S/c1-17-30-25-20(4-3-5-23(25)35-17)22(33)14-19-8-6-18(7-9-19)10-12-32-13-11-24-21(15-32)31-26(36-24)34-16-27(2,28)29/h3-5,18-19H,6-16H2,1-2H3. The fraction of sp³-hybridized carbons (Fsp3) is 0.593. The summed E-state index contributed by atoms with van der Waals surface area (Å²) in [5.41, 5.74) is 3.01. The summed E-state index contributed by atoms with van der Waals surface area (Å²) in [6.45, 7) is 4.77. The third-order valence-corrected chi connectivity index (χ3v) is 8.43. The lowest BCUT2D eigenvalue weighted by Crippen LogP contribution is -2.32. The van der Waals surface area contributed by atoms with E-state index in [4.69, 9.17) is 9.15 Å². The Hall–Kier alpha value is -2.39. The van der Waals surface area contributed by atoms with Crippen LogP contribution in [0.2, 0.25) is 0 Å². The highest BCUT2D eigenvalue weighted by molar-refractivity contribution is 7.13. The number of ether oxygens (including phenoxy) is 1. The predicted molar refractivity (Wildman–Crippen MR) is 135 cm³/mol. The number of para-hydroxylation sites is 1. The molecular formula is C27H33F2N3O3S. The molecule has 1 aromatic carbocycles. The molecule has 0 saturated heterocycles. The van der Waals surface area contributed by atoms with Gasteiger partial charge in [0.25, 0.3) is 11.1 Å². The molecular weight excluding hydrogens is 484 g/mol. The van der Waals surface area contributed by atoms with Crippen molar-refractivity contribution < 1.29 is 22.7 Å². The highest BCUT2D eigenvalue weighted by atomic mass is 32.1. The Morgan fingerprint density at radius 3 is 2.78 bits per heavy atom. The van der Waals surface area contributed by atoms with Crippen LogP contribution in [0.1, 0.15) is 72.3 Å². The van der Waals surface area contributed by atoms with Gasteiger partial charge in [-0.25, -0.2) is 18.7 Å². The van der Waals surface area contributed by atoms with Crippen LogP contribution in [-0.4, -0.2) is 46.3 Å². The number of ketones is 1. The molecule has 0 amide bonds. The normalized spacial score (nSPS) is 21.0. The number of oxazole rings is 1. The molecule has 2 aliphatic rings. The molecule has 36 heavy (non-hydrogen) atoms. The first kappa shape index (κ1) is 25.3. The lowest BCUT2D eigenvalue weighted by Gasteiger charge is -2.31. The van der Waals surface area contributed by atoms with E-state index in [2.05, 4.69) is 14.9 Å². The number of thiazole rings is 1. The molecule has 5 rings (SSSR count). The zero-order valence-corrected chi connectivity index (χ0v) is 21.7. The first-order valence-corrected chi connectivity index (χ1v) is 13.7. The van der Waals surface area contributed by atoms with E-state index in [9.17, 15) is 13.6 Å². The van der Waals surface area contributed by atoms with Crippen LogP contribution in [0, 0.1) is 18.8 Å². The average Bonchev–Trinajstić information content (AvgIpc) is 3.43. The van der Waals surface area contributed by atoms with Crippen molar-refractivity contribution in [3.05, 3.63) is 40.2 Å². The number of nitrogens with zero attached hydrogens (tertiary/aromatic N) is 3. The van der Waals surface area contributed by atoms with Crippen LogP contribution in [0.4, 0.5) is 8.78 Å². The van der Waals surface area contributed by atoms with Crippen LogP contribution in [0.15, 0.2) is 22.6 Å². The molecule has 0 spiro atoms. The molecule has 1 fully saturated rings. The van der Waals surface area contributed by atoms with Crippen molar-refractivity contribution in [3.8, 4) is 5.19 Å². The van der Waals surface area contributed by atoms with Gasteiger partial charge in [-0.3, -0.25) is 9.69 Å². The molecule has 0 radical (unpaired) electrons. The van der Waals surface area contributed by atoms with E-state index < -0.39 is 12.5 Å². The van der Waals surface area contributed by atoms with Crippen molar-refractivity contribution in [2.45, 2.75) is 71.3 Å². The molecule has 1 saturated carbocycles. The van der Waals surface area contributed by atoms with Crippen LogP contribution >= 0.6 is 11.3 Å². The highest BCUT2D eigenvalue weighted by Gasteiger charge is 2.28. The summed E-state index contributed by atoms with van der Waals surface area (Å²) in [6, 6.07) is 5.58. The fourth-order valence-electron chi connectivity index (χ4n) is 5.42. The maximum absolute atomic E-state index is 13.1. The largest absolute Gasteiger partial charge is 0.464 e. The molecule has 1 aliphatic carbocycles. The van der Waals surface area contributed by atoms with E-state index in [0.29, 0.717) is 46.0 Å². The molecule has 9 heteroatoms. The van der Waals surface area contributed by atoms with Crippen LogP contribution in [0.25, 0.3) is 11.1 Å². The van der Waals surface area contributed by atoms with E-state index in [1.807, 2.05) is 18.2 Å². The summed E-state index contributed by atoms with van der Waals surface area (Å²) in [4.78, 5) is 25.4. The van der Waals surface area contributed by atoms with Gasteiger partial charge in [0, 0.05) is 43.8 Å². The molecule has 194 valence electrons. The zero-order chi connectivity index (χ0) is 25.3. The number of rotatable bonds is 9. The van der Waals surface area contributed by atoms with E-state index in [-0.39, 0.29) is 5.78 Å². The summed E-state index contributed by atoms with van der Waals surface area (Å²) in [7, 11) is 0. The minimum Gasteiger partial charge on any atom is -0.464 e. The molecule has 0 unspecified atom stereocenters. The highest BCUT2D eigenvalue weighted by Crippen LogP contribution is 2.35. The van der Waals surface area contributed by atoms with Crippen molar-refractivity contribution in [2.24, 2.45) is 11.8 Å². The summed E-state index contributed by atoms with van der Waals surface area (Å²) < 4.78 is 36.9. The molecule has 0 N–H and O–H groups in total. The number of carbonyl (C=O) groups is 1. The van der Waals surface area contributed by atoms with Gasteiger partial charge in [-0.15, -0.1) is 0 Å². The lowest BCUT2D eigenvalue weighted by molar-refractivity contribution is -0.0230. The number of benzene rings is 1. The second kappa shape index (κ2) is 10.5.